The van der Waals surface area contributed by atoms with Crippen LogP contribution in [0.4, 0.5) is 11.4 Å². The van der Waals surface area contributed by atoms with Crippen LogP contribution in [0.15, 0.2) is 72.8 Å². The van der Waals surface area contributed by atoms with Gasteiger partial charge in [0.1, 0.15) is 0 Å². The third-order valence-corrected chi connectivity index (χ3v) is 5.80. The Kier molecular flexibility index (Phi) is 6.44. The van der Waals surface area contributed by atoms with Gasteiger partial charge in [-0.3, -0.25) is 9.59 Å². The third-order valence-electron chi connectivity index (χ3n) is 5.26. The molecule has 0 atom stereocenters. The lowest BCUT2D eigenvalue weighted by Gasteiger charge is -2.37. The van der Waals surface area contributed by atoms with Gasteiger partial charge in [-0.05, 0) is 42.5 Å². The standard InChI is InChI=1S/C24H21Cl2N3O2/c25-18-10-11-19(20(26)16-18)23(30)27-21-8-4-5-9-22(21)28-12-14-29(15-13-28)24(31)17-6-2-1-3-7-17/h1-11,16H,12-15H2,(H,27,30). The number of amides is 2. The summed E-state index contributed by atoms with van der Waals surface area (Å²) in [6, 6.07) is 21.7. The SMILES string of the molecule is O=C(Nc1ccccc1N1CCN(C(=O)c2ccccc2)CC1)c1ccc(Cl)cc1Cl. The Balaban J connectivity index is 1.46. The van der Waals surface area contributed by atoms with E-state index in [-0.39, 0.29) is 11.8 Å². The molecule has 1 aliphatic rings. The number of nitrogens with one attached hydrogen (secondary N) is 1. The molecule has 3 aromatic carbocycles. The molecular weight excluding hydrogens is 433 g/mol. The van der Waals surface area contributed by atoms with Crippen LogP contribution < -0.4 is 10.2 Å². The highest BCUT2D eigenvalue weighted by molar-refractivity contribution is 6.37. The maximum absolute atomic E-state index is 12.8. The second kappa shape index (κ2) is 9.41. The molecule has 31 heavy (non-hydrogen) atoms. The van der Waals surface area contributed by atoms with Crippen molar-refractivity contribution in [3.63, 3.8) is 0 Å². The molecular formula is C24H21Cl2N3O2. The molecule has 1 saturated heterocycles. The minimum absolute atomic E-state index is 0.0409. The second-order valence-electron chi connectivity index (χ2n) is 7.24. The first-order chi connectivity index (χ1) is 15.0. The minimum atomic E-state index is -0.299. The molecule has 1 N–H and O–H groups in total. The summed E-state index contributed by atoms with van der Waals surface area (Å²) in [5.74, 6) is -0.258. The monoisotopic (exact) mass is 453 g/mol. The Morgan fingerprint density at radius 3 is 2.19 bits per heavy atom. The van der Waals surface area contributed by atoms with Crippen molar-refractivity contribution in [2.45, 2.75) is 0 Å². The van der Waals surface area contributed by atoms with E-state index in [2.05, 4.69) is 10.2 Å². The van der Waals surface area contributed by atoms with Crippen LogP contribution in [0.2, 0.25) is 10.0 Å². The molecule has 0 unspecified atom stereocenters. The first kappa shape index (κ1) is 21.2. The average molecular weight is 454 g/mol. The third kappa shape index (κ3) is 4.84. The predicted octanol–water partition coefficient (Wildman–Crippen LogP) is 5.21. The normalized spacial score (nSPS) is 13.7. The van der Waals surface area contributed by atoms with Crippen molar-refractivity contribution in [1.82, 2.24) is 4.90 Å². The van der Waals surface area contributed by atoms with Crippen LogP contribution in [0.5, 0.6) is 0 Å². The summed E-state index contributed by atoms with van der Waals surface area (Å²) < 4.78 is 0. The summed E-state index contributed by atoms with van der Waals surface area (Å²) in [5, 5.41) is 3.73. The van der Waals surface area contributed by atoms with Crippen LogP contribution >= 0.6 is 23.2 Å². The summed E-state index contributed by atoms with van der Waals surface area (Å²) in [5.41, 5.74) is 2.66. The Bertz CT molecular complexity index is 1100. The quantitative estimate of drug-likeness (QED) is 0.589. The topological polar surface area (TPSA) is 52.7 Å². The first-order valence-corrected chi connectivity index (χ1v) is 10.7. The smallest absolute Gasteiger partial charge is 0.257 e. The van der Waals surface area contributed by atoms with Gasteiger partial charge in [0.2, 0.25) is 0 Å². The predicted molar refractivity (Wildman–Crippen MR) is 125 cm³/mol. The number of rotatable bonds is 4. The molecule has 158 valence electrons. The van der Waals surface area contributed by atoms with Gasteiger partial charge < -0.3 is 15.1 Å². The highest BCUT2D eigenvalue weighted by atomic mass is 35.5. The maximum atomic E-state index is 12.8. The van der Waals surface area contributed by atoms with E-state index in [4.69, 9.17) is 23.2 Å². The number of carbonyl (C=O) groups is 2. The van der Waals surface area contributed by atoms with Crippen molar-refractivity contribution in [3.05, 3.63) is 94.0 Å². The van der Waals surface area contributed by atoms with Crippen molar-refractivity contribution in [3.8, 4) is 0 Å². The van der Waals surface area contributed by atoms with Gasteiger partial charge in [-0.15, -0.1) is 0 Å². The Morgan fingerprint density at radius 2 is 1.48 bits per heavy atom. The van der Waals surface area contributed by atoms with E-state index in [0.29, 0.717) is 53.0 Å². The van der Waals surface area contributed by atoms with Crippen molar-refractivity contribution in [2.24, 2.45) is 0 Å². The van der Waals surface area contributed by atoms with Crippen LogP contribution in [0.1, 0.15) is 20.7 Å². The van der Waals surface area contributed by atoms with E-state index in [9.17, 15) is 9.59 Å². The zero-order chi connectivity index (χ0) is 21.8. The number of halogens is 2. The second-order valence-corrected chi connectivity index (χ2v) is 8.08. The number of nitrogens with zero attached hydrogens (tertiary/aromatic N) is 2. The van der Waals surface area contributed by atoms with Gasteiger partial charge >= 0.3 is 0 Å². The molecule has 4 rings (SSSR count). The van der Waals surface area contributed by atoms with Gasteiger partial charge in [0, 0.05) is 36.8 Å². The lowest BCUT2D eigenvalue weighted by molar-refractivity contribution is 0.0746. The molecule has 0 aromatic heterocycles. The average Bonchev–Trinajstić information content (AvgIpc) is 2.79. The van der Waals surface area contributed by atoms with Crippen molar-refractivity contribution >= 4 is 46.4 Å². The van der Waals surface area contributed by atoms with E-state index < -0.39 is 0 Å². The zero-order valence-corrected chi connectivity index (χ0v) is 18.2. The fraction of sp³-hybridized carbons (Fsp3) is 0.167. The largest absolute Gasteiger partial charge is 0.366 e. The molecule has 0 aliphatic carbocycles. The number of anilines is 2. The van der Waals surface area contributed by atoms with Crippen LogP contribution in [0, 0.1) is 0 Å². The van der Waals surface area contributed by atoms with Crippen LogP contribution in [0.3, 0.4) is 0 Å². The molecule has 1 aliphatic heterocycles. The molecule has 2 amide bonds. The molecule has 7 heteroatoms. The molecule has 0 saturated carbocycles. The van der Waals surface area contributed by atoms with Crippen molar-refractivity contribution in [2.75, 3.05) is 36.4 Å². The molecule has 1 fully saturated rings. The Hall–Kier alpha value is -3.02. The summed E-state index contributed by atoms with van der Waals surface area (Å²) in [6.07, 6.45) is 0. The number of para-hydroxylation sites is 2. The number of hydrogen-bond acceptors (Lipinski definition) is 3. The van der Waals surface area contributed by atoms with E-state index >= 15 is 0 Å². The minimum Gasteiger partial charge on any atom is -0.366 e. The van der Waals surface area contributed by atoms with Gasteiger partial charge in [-0.25, -0.2) is 0 Å². The summed E-state index contributed by atoms with van der Waals surface area (Å²) in [4.78, 5) is 29.5. The van der Waals surface area contributed by atoms with Crippen LogP contribution in [-0.2, 0) is 0 Å². The van der Waals surface area contributed by atoms with Crippen LogP contribution in [-0.4, -0.2) is 42.9 Å². The number of benzene rings is 3. The highest BCUT2D eigenvalue weighted by Crippen LogP contribution is 2.29. The van der Waals surface area contributed by atoms with Crippen molar-refractivity contribution < 1.29 is 9.59 Å². The van der Waals surface area contributed by atoms with Gasteiger partial charge in [0.05, 0.1) is 22.0 Å². The summed E-state index contributed by atoms with van der Waals surface area (Å²) in [7, 11) is 0. The summed E-state index contributed by atoms with van der Waals surface area (Å²) in [6.45, 7) is 2.57. The molecule has 0 bridgehead atoms. The molecule has 5 nitrogen and oxygen atoms in total. The first-order valence-electron chi connectivity index (χ1n) is 9.97. The fourth-order valence-corrected chi connectivity index (χ4v) is 4.13. The molecule has 1 heterocycles. The van der Waals surface area contributed by atoms with E-state index in [1.807, 2.05) is 59.5 Å². The Morgan fingerprint density at radius 1 is 0.806 bits per heavy atom. The number of carbonyl (C=O) groups excluding carboxylic acids is 2. The van der Waals surface area contributed by atoms with E-state index in [0.717, 1.165) is 5.69 Å². The van der Waals surface area contributed by atoms with E-state index in [1.165, 1.54) is 0 Å². The Labute approximate surface area is 191 Å². The van der Waals surface area contributed by atoms with Gasteiger partial charge in [-0.1, -0.05) is 53.5 Å². The zero-order valence-electron chi connectivity index (χ0n) is 16.7. The number of hydrogen-bond donors (Lipinski definition) is 1. The highest BCUT2D eigenvalue weighted by Gasteiger charge is 2.24. The lowest BCUT2D eigenvalue weighted by Crippen LogP contribution is -2.49. The van der Waals surface area contributed by atoms with Gasteiger partial charge in [0.25, 0.3) is 11.8 Å². The van der Waals surface area contributed by atoms with Crippen LogP contribution in [0.25, 0.3) is 0 Å². The fourth-order valence-electron chi connectivity index (χ4n) is 3.63. The molecule has 0 radical (unpaired) electrons. The van der Waals surface area contributed by atoms with E-state index in [1.54, 1.807) is 18.2 Å². The molecule has 0 spiro atoms. The van der Waals surface area contributed by atoms with Crippen molar-refractivity contribution in [1.29, 1.82) is 0 Å². The maximum Gasteiger partial charge on any atom is 0.257 e. The number of piperazine rings is 1. The summed E-state index contributed by atoms with van der Waals surface area (Å²) >= 11 is 12.1. The van der Waals surface area contributed by atoms with Gasteiger partial charge in [0.15, 0.2) is 0 Å². The lowest BCUT2D eigenvalue weighted by atomic mass is 10.1. The van der Waals surface area contributed by atoms with Gasteiger partial charge in [-0.2, -0.15) is 0 Å². The molecule has 3 aromatic rings.